The lowest BCUT2D eigenvalue weighted by Crippen LogP contribution is -2.14. The summed E-state index contributed by atoms with van der Waals surface area (Å²) in [5.74, 6) is 0.263. The van der Waals surface area contributed by atoms with E-state index < -0.39 is 0 Å². The average Bonchev–Trinajstić information content (AvgIpc) is 2.88. The Bertz CT molecular complexity index is 282. The van der Waals surface area contributed by atoms with Crippen LogP contribution in [0.4, 0.5) is 0 Å². The molecule has 0 aromatic heterocycles. The van der Waals surface area contributed by atoms with Gasteiger partial charge in [-0.2, -0.15) is 0 Å². The molecule has 2 rings (SSSR count). The average molecular weight is 181 g/mol. The molecule has 1 aliphatic rings. The summed E-state index contributed by atoms with van der Waals surface area (Å²) in [6.45, 7) is 0.492. The molecule has 70 valence electrons. The number of ether oxygens (including phenoxy) is 2. The lowest BCUT2D eigenvalue weighted by molar-refractivity contribution is -0.135. The largest absolute Gasteiger partial charge is 0.425 e. The van der Waals surface area contributed by atoms with E-state index in [0.717, 1.165) is 0 Å². The van der Waals surface area contributed by atoms with E-state index in [1.54, 1.807) is 12.1 Å². The van der Waals surface area contributed by atoms with Crippen LogP contribution >= 0.6 is 0 Å². The number of carbonyl (C=O) groups excluding carboxylic acids is 1. The van der Waals surface area contributed by atoms with Gasteiger partial charge in [0.1, 0.15) is 5.75 Å². The molecular formula is C9H11NO3. The van der Waals surface area contributed by atoms with Crippen LogP contribution in [0.15, 0.2) is 30.3 Å². The van der Waals surface area contributed by atoms with Crippen LogP contribution in [-0.4, -0.2) is 18.7 Å². The molecule has 0 bridgehead atoms. The molecule has 1 aromatic carbocycles. The van der Waals surface area contributed by atoms with Crippen LogP contribution in [-0.2, 0) is 9.53 Å². The minimum Gasteiger partial charge on any atom is -0.425 e. The minimum atomic E-state index is -0.329. The fraction of sp³-hybridized carbons (Fsp3) is 0.222. The highest BCUT2D eigenvalue weighted by molar-refractivity contribution is 5.79. The second-order valence-corrected chi connectivity index (χ2v) is 2.56. The third-order valence-corrected chi connectivity index (χ3v) is 1.56. The number of carbonyl (C=O) groups is 1. The summed E-state index contributed by atoms with van der Waals surface area (Å²) in [5, 5.41) is 0. The van der Waals surface area contributed by atoms with Crippen molar-refractivity contribution in [2.75, 3.05) is 6.61 Å². The van der Waals surface area contributed by atoms with Crippen LogP contribution in [0.1, 0.15) is 0 Å². The molecule has 0 amide bonds. The Morgan fingerprint density at radius 1 is 1.38 bits per heavy atom. The number of epoxide rings is 1. The molecule has 4 nitrogen and oxygen atoms in total. The van der Waals surface area contributed by atoms with E-state index in [9.17, 15) is 4.79 Å². The fourth-order valence-corrected chi connectivity index (χ4v) is 0.855. The van der Waals surface area contributed by atoms with Gasteiger partial charge in [-0.05, 0) is 12.1 Å². The molecule has 13 heavy (non-hydrogen) atoms. The first-order valence-corrected chi connectivity index (χ1v) is 3.74. The van der Waals surface area contributed by atoms with Crippen molar-refractivity contribution in [3.8, 4) is 5.75 Å². The van der Waals surface area contributed by atoms with E-state index in [0.29, 0.717) is 12.4 Å². The molecule has 1 unspecified atom stereocenters. The van der Waals surface area contributed by atoms with Gasteiger partial charge in [-0.15, -0.1) is 0 Å². The van der Waals surface area contributed by atoms with Crippen molar-refractivity contribution in [2.45, 2.75) is 6.10 Å². The van der Waals surface area contributed by atoms with Crippen molar-refractivity contribution in [3.63, 3.8) is 0 Å². The van der Waals surface area contributed by atoms with E-state index in [2.05, 4.69) is 0 Å². The van der Waals surface area contributed by atoms with Gasteiger partial charge >= 0.3 is 5.97 Å². The lowest BCUT2D eigenvalue weighted by Gasteiger charge is -1.99. The zero-order valence-corrected chi connectivity index (χ0v) is 7.10. The van der Waals surface area contributed by atoms with Gasteiger partial charge in [0, 0.05) is 0 Å². The molecule has 0 saturated carbocycles. The highest BCUT2D eigenvalue weighted by atomic mass is 16.6. The highest BCUT2D eigenvalue weighted by Gasteiger charge is 2.33. The van der Waals surface area contributed by atoms with Crippen LogP contribution in [0.5, 0.6) is 5.75 Å². The second kappa shape index (κ2) is 4.02. The van der Waals surface area contributed by atoms with E-state index in [4.69, 9.17) is 9.47 Å². The van der Waals surface area contributed by atoms with Crippen LogP contribution in [0, 0.1) is 0 Å². The SMILES string of the molecule is N.O=C(Oc1ccccc1)C1CO1. The Morgan fingerprint density at radius 3 is 2.54 bits per heavy atom. The van der Waals surface area contributed by atoms with E-state index in [-0.39, 0.29) is 18.2 Å². The van der Waals surface area contributed by atoms with Gasteiger partial charge < -0.3 is 15.6 Å². The van der Waals surface area contributed by atoms with E-state index in [1.165, 1.54) is 0 Å². The van der Waals surface area contributed by atoms with Gasteiger partial charge in [0.25, 0.3) is 0 Å². The topological polar surface area (TPSA) is 73.8 Å². The smallest absolute Gasteiger partial charge is 0.343 e. The molecule has 1 aliphatic heterocycles. The molecule has 1 heterocycles. The molecule has 0 aliphatic carbocycles. The summed E-state index contributed by atoms with van der Waals surface area (Å²) in [6, 6.07) is 8.97. The zero-order valence-electron chi connectivity index (χ0n) is 7.10. The summed E-state index contributed by atoms with van der Waals surface area (Å²) >= 11 is 0. The van der Waals surface area contributed by atoms with Gasteiger partial charge in [0.15, 0.2) is 6.10 Å². The molecule has 4 heteroatoms. The number of para-hydroxylation sites is 1. The summed E-state index contributed by atoms with van der Waals surface area (Å²) in [5.41, 5.74) is 0. The fourth-order valence-electron chi connectivity index (χ4n) is 0.855. The number of rotatable bonds is 2. The summed E-state index contributed by atoms with van der Waals surface area (Å²) < 4.78 is 9.74. The Labute approximate surface area is 76.0 Å². The van der Waals surface area contributed by atoms with Gasteiger partial charge in [-0.1, -0.05) is 18.2 Å². The number of esters is 1. The maximum Gasteiger partial charge on any atom is 0.343 e. The van der Waals surface area contributed by atoms with Crippen molar-refractivity contribution >= 4 is 5.97 Å². The Balaban J connectivity index is 0.000000845. The van der Waals surface area contributed by atoms with Crippen LogP contribution in [0.2, 0.25) is 0 Å². The molecule has 3 N–H and O–H groups in total. The summed E-state index contributed by atoms with van der Waals surface area (Å²) in [7, 11) is 0. The van der Waals surface area contributed by atoms with Gasteiger partial charge in [-0.3, -0.25) is 0 Å². The highest BCUT2D eigenvalue weighted by Crippen LogP contribution is 2.15. The standard InChI is InChI=1S/C9H8O3.H3N/c10-9(8-6-11-8)12-7-4-2-1-3-5-7;/h1-5,8H,6H2;1H3. The van der Waals surface area contributed by atoms with Gasteiger partial charge in [0.05, 0.1) is 6.61 Å². The van der Waals surface area contributed by atoms with Crippen LogP contribution in [0.25, 0.3) is 0 Å². The van der Waals surface area contributed by atoms with Crippen molar-refractivity contribution in [1.29, 1.82) is 0 Å². The van der Waals surface area contributed by atoms with E-state index in [1.807, 2.05) is 18.2 Å². The normalized spacial score (nSPS) is 18.6. The zero-order chi connectivity index (χ0) is 8.39. The molecular weight excluding hydrogens is 170 g/mol. The molecule has 1 atom stereocenters. The molecule has 1 saturated heterocycles. The Kier molecular flexibility index (Phi) is 3.00. The van der Waals surface area contributed by atoms with Crippen LogP contribution < -0.4 is 10.9 Å². The Hall–Kier alpha value is -1.39. The Morgan fingerprint density at radius 2 is 2.00 bits per heavy atom. The van der Waals surface area contributed by atoms with Crippen molar-refractivity contribution in [2.24, 2.45) is 0 Å². The molecule has 0 spiro atoms. The predicted octanol–water partition coefficient (Wildman–Crippen LogP) is 1.15. The quantitative estimate of drug-likeness (QED) is 0.422. The van der Waals surface area contributed by atoms with Crippen molar-refractivity contribution in [3.05, 3.63) is 30.3 Å². The first-order chi connectivity index (χ1) is 5.86. The van der Waals surface area contributed by atoms with Gasteiger partial charge in [-0.25, -0.2) is 4.79 Å². The summed E-state index contributed by atoms with van der Waals surface area (Å²) in [4.78, 5) is 11.0. The minimum absolute atomic E-state index is 0. The lowest BCUT2D eigenvalue weighted by atomic mass is 10.3. The predicted molar refractivity (Wildman–Crippen MR) is 46.8 cm³/mol. The first kappa shape index (κ1) is 9.70. The molecule has 1 fully saturated rings. The number of hydrogen-bond donors (Lipinski definition) is 1. The number of benzene rings is 1. The van der Waals surface area contributed by atoms with E-state index >= 15 is 0 Å². The van der Waals surface area contributed by atoms with Crippen molar-refractivity contribution < 1.29 is 14.3 Å². The van der Waals surface area contributed by atoms with Crippen molar-refractivity contribution in [1.82, 2.24) is 6.15 Å². The van der Waals surface area contributed by atoms with Gasteiger partial charge in [0.2, 0.25) is 0 Å². The number of hydrogen-bond acceptors (Lipinski definition) is 4. The monoisotopic (exact) mass is 181 g/mol. The molecule has 0 radical (unpaired) electrons. The maximum atomic E-state index is 11.0. The maximum absolute atomic E-state index is 11.0. The summed E-state index contributed by atoms with van der Waals surface area (Å²) in [6.07, 6.45) is -0.329. The first-order valence-electron chi connectivity index (χ1n) is 3.74. The molecule has 1 aromatic rings. The van der Waals surface area contributed by atoms with Crippen LogP contribution in [0.3, 0.4) is 0 Å². The third kappa shape index (κ3) is 2.54. The second-order valence-electron chi connectivity index (χ2n) is 2.56. The third-order valence-electron chi connectivity index (χ3n) is 1.56.